The van der Waals surface area contributed by atoms with Gasteiger partial charge in [-0.05, 0) is 64.9 Å². The summed E-state index contributed by atoms with van der Waals surface area (Å²) in [5, 5.41) is 17.0. The highest BCUT2D eigenvalue weighted by atomic mass is 16.6. The van der Waals surface area contributed by atoms with Gasteiger partial charge in [-0.1, -0.05) is 30.3 Å². The van der Waals surface area contributed by atoms with E-state index < -0.39 is 23.8 Å². The summed E-state index contributed by atoms with van der Waals surface area (Å²) in [7, 11) is 0. The van der Waals surface area contributed by atoms with E-state index in [0.29, 0.717) is 38.8 Å². The SMILES string of the molecule is CC(C)(C)OC(=O)N[C@@H](CCCCNC(=O)OCc1ccccc1)C(=O)NCCCCCO. The second-order valence-corrected chi connectivity index (χ2v) is 8.76. The molecule has 1 atom stereocenters. The molecule has 186 valence electrons. The summed E-state index contributed by atoms with van der Waals surface area (Å²) in [5.74, 6) is -0.278. The number of hydrogen-bond acceptors (Lipinski definition) is 6. The molecule has 1 rings (SSSR count). The number of aliphatic hydroxyl groups is 1. The summed E-state index contributed by atoms with van der Waals surface area (Å²) in [6.45, 7) is 6.47. The van der Waals surface area contributed by atoms with E-state index in [1.807, 2.05) is 30.3 Å². The Morgan fingerprint density at radius 1 is 0.909 bits per heavy atom. The number of benzene rings is 1. The summed E-state index contributed by atoms with van der Waals surface area (Å²) in [6, 6.07) is 8.67. The molecule has 4 N–H and O–H groups in total. The van der Waals surface area contributed by atoms with Crippen LogP contribution in [0.3, 0.4) is 0 Å². The van der Waals surface area contributed by atoms with Crippen LogP contribution in [-0.4, -0.2) is 54.5 Å². The first-order chi connectivity index (χ1) is 15.7. The predicted octanol–water partition coefficient (Wildman–Crippen LogP) is 3.26. The van der Waals surface area contributed by atoms with Crippen LogP contribution < -0.4 is 16.0 Å². The zero-order chi connectivity index (χ0) is 24.5. The van der Waals surface area contributed by atoms with Crippen molar-refractivity contribution in [2.75, 3.05) is 19.7 Å². The molecule has 0 aliphatic rings. The fraction of sp³-hybridized carbons (Fsp3) is 0.625. The van der Waals surface area contributed by atoms with Crippen molar-refractivity contribution in [3.8, 4) is 0 Å². The highest BCUT2D eigenvalue weighted by molar-refractivity contribution is 5.85. The molecule has 0 saturated heterocycles. The van der Waals surface area contributed by atoms with Gasteiger partial charge in [-0.25, -0.2) is 9.59 Å². The Kier molecular flexibility index (Phi) is 13.6. The number of nitrogens with one attached hydrogen (secondary N) is 3. The Balaban J connectivity index is 2.37. The van der Waals surface area contributed by atoms with Crippen LogP contribution in [0.15, 0.2) is 30.3 Å². The number of ether oxygens (including phenoxy) is 2. The minimum atomic E-state index is -0.734. The van der Waals surface area contributed by atoms with Crippen molar-refractivity contribution >= 4 is 18.1 Å². The van der Waals surface area contributed by atoms with Crippen LogP contribution in [0.25, 0.3) is 0 Å². The molecule has 0 heterocycles. The second-order valence-electron chi connectivity index (χ2n) is 8.76. The molecule has 1 aromatic carbocycles. The quantitative estimate of drug-likeness (QED) is 0.313. The van der Waals surface area contributed by atoms with Gasteiger partial charge in [0.15, 0.2) is 0 Å². The largest absolute Gasteiger partial charge is 0.445 e. The molecular formula is C24H39N3O6. The van der Waals surface area contributed by atoms with Crippen molar-refractivity contribution in [3.63, 3.8) is 0 Å². The van der Waals surface area contributed by atoms with Gasteiger partial charge in [0.05, 0.1) is 0 Å². The van der Waals surface area contributed by atoms with E-state index in [-0.39, 0.29) is 19.1 Å². The van der Waals surface area contributed by atoms with Crippen LogP contribution in [0.5, 0.6) is 0 Å². The number of rotatable bonds is 14. The van der Waals surface area contributed by atoms with Gasteiger partial charge in [-0.2, -0.15) is 0 Å². The molecule has 0 radical (unpaired) electrons. The fourth-order valence-corrected chi connectivity index (χ4v) is 2.91. The molecule has 0 bridgehead atoms. The Morgan fingerprint density at radius 2 is 1.58 bits per heavy atom. The minimum absolute atomic E-state index is 0.130. The van der Waals surface area contributed by atoms with Crippen LogP contribution in [0.4, 0.5) is 9.59 Å². The molecule has 0 aliphatic heterocycles. The first-order valence-electron chi connectivity index (χ1n) is 11.5. The van der Waals surface area contributed by atoms with Gasteiger partial charge in [-0.3, -0.25) is 4.79 Å². The smallest absolute Gasteiger partial charge is 0.408 e. The van der Waals surface area contributed by atoms with Gasteiger partial charge in [0.2, 0.25) is 5.91 Å². The van der Waals surface area contributed by atoms with Crippen LogP contribution in [0.2, 0.25) is 0 Å². The van der Waals surface area contributed by atoms with Crippen LogP contribution >= 0.6 is 0 Å². The molecule has 0 aliphatic carbocycles. The zero-order valence-corrected chi connectivity index (χ0v) is 20.0. The molecular weight excluding hydrogens is 426 g/mol. The maximum absolute atomic E-state index is 12.5. The van der Waals surface area contributed by atoms with Crippen LogP contribution in [0.1, 0.15) is 64.9 Å². The predicted molar refractivity (Wildman–Crippen MR) is 126 cm³/mol. The van der Waals surface area contributed by atoms with Crippen molar-refractivity contribution in [1.82, 2.24) is 16.0 Å². The van der Waals surface area contributed by atoms with Gasteiger partial charge < -0.3 is 30.5 Å². The van der Waals surface area contributed by atoms with E-state index in [1.54, 1.807) is 20.8 Å². The highest BCUT2D eigenvalue weighted by Crippen LogP contribution is 2.09. The number of alkyl carbamates (subject to hydrolysis) is 2. The van der Waals surface area contributed by atoms with E-state index in [0.717, 1.165) is 18.4 Å². The van der Waals surface area contributed by atoms with Gasteiger partial charge in [0.25, 0.3) is 0 Å². The van der Waals surface area contributed by atoms with Gasteiger partial charge in [0, 0.05) is 19.7 Å². The third-order valence-electron chi connectivity index (χ3n) is 4.54. The fourth-order valence-electron chi connectivity index (χ4n) is 2.91. The number of carbonyl (C=O) groups excluding carboxylic acids is 3. The van der Waals surface area contributed by atoms with Gasteiger partial charge in [-0.15, -0.1) is 0 Å². The lowest BCUT2D eigenvalue weighted by Gasteiger charge is -2.23. The first-order valence-corrected chi connectivity index (χ1v) is 11.5. The Bertz CT molecular complexity index is 706. The number of hydrogen-bond donors (Lipinski definition) is 4. The molecule has 0 fully saturated rings. The summed E-state index contributed by atoms with van der Waals surface area (Å²) < 4.78 is 10.4. The molecule has 33 heavy (non-hydrogen) atoms. The number of unbranched alkanes of at least 4 members (excludes halogenated alkanes) is 3. The molecule has 3 amide bonds. The van der Waals surface area contributed by atoms with Crippen LogP contribution in [0, 0.1) is 0 Å². The lowest BCUT2D eigenvalue weighted by atomic mass is 10.1. The molecule has 0 unspecified atom stereocenters. The zero-order valence-electron chi connectivity index (χ0n) is 20.0. The molecule has 0 spiro atoms. The van der Waals surface area contributed by atoms with Gasteiger partial charge in [0.1, 0.15) is 18.2 Å². The standard InChI is InChI=1S/C24H39N3O6/c1-24(2,3)33-23(31)27-20(21(29)25-15-9-5-11-17-28)14-8-10-16-26-22(30)32-18-19-12-6-4-7-13-19/h4,6-7,12-13,20,28H,5,8-11,14-18H2,1-3H3,(H,25,29)(H,26,30)(H,27,31)/t20-/m0/s1. The number of carbonyl (C=O) groups is 3. The minimum Gasteiger partial charge on any atom is -0.445 e. The third-order valence-corrected chi connectivity index (χ3v) is 4.54. The maximum Gasteiger partial charge on any atom is 0.408 e. The van der Waals surface area contributed by atoms with Crippen molar-refractivity contribution in [1.29, 1.82) is 0 Å². The van der Waals surface area contributed by atoms with E-state index in [9.17, 15) is 14.4 Å². The topological polar surface area (TPSA) is 126 Å². The Labute approximate surface area is 196 Å². The van der Waals surface area contributed by atoms with E-state index >= 15 is 0 Å². The normalized spacial score (nSPS) is 11.9. The molecule has 9 nitrogen and oxygen atoms in total. The second kappa shape index (κ2) is 15.9. The van der Waals surface area contributed by atoms with E-state index in [2.05, 4.69) is 16.0 Å². The maximum atomic E-state index is 12.5. The van der Waals surface area contributed by atoms with E-state index in [4.69, 9.17) is 14.6 Å². The molecule has 9 heteroatoms. The lowest BCUT2D eigenvalue weighted by molar-refractivity contribution is -0.123. The monoisotopic (exact) mass is 465 g/mol. The molecule has 0 saturated carbocycles. The van der Waals surface area contributed by atoms with Crippen molar-refractivity contribution in [2.24, 2.45) is 0 Å². The Morgan fingerprint density at radius 3 is 2.24 bits per heavy atom. The third kappa shape index (κ3) is 14.8. The van der Waals surface area contributed by atoms with Crippen molar-refractivity contribution in [2.45, 2.75) is 77.5 Å². The highest BCUT2D eigenvalue weighted by Gasteiger charge is 2.23. The lowest BCUT2D eigenvalue weighted by Crippen LogP contribution is -2.48. The average molecular weight is 466 g/mol. The van der Waals surface area contributed by atoms with Crippen molar-refractivity contribution < 1.29 is 29.0 Å². The summed E-state index contributed by atoms with van der Waals surface area (Å²) >= 11 is 0. The molecule has 1 aromatic rings. The van der Waals surface area contributed by atoms with Crippen molar-refractivity contribution in [3.05, 3.63) is 35.9 Å². The molecule has 0 aromatic heterocycles. The van der Waals surface area contributed by atoms with Crippen LogP contribution in [-0.2, 0) is 20.9 Å². The summed E-state index contributed by atoms with van der Waals surface area (Å²) in [5.41, 5.74) is 0.241. The number of amides is 3. The first kappa shape index (κ1) is 28.2. The Hall–Kier alpha value is -2.81. The van der Waals surface area contributed by atoms with Gasteiger partial charge >= 0.3 is 12.2 Å². The van der Waals surface area contributed by atoms with E-state index in [1.165, 1.54) is 0 Å². The summed E-state index contributed by atoms with van der Waals surface area (Å²) in [6.07, 6.45) is 2.74. The summed E-state index contributed by atoms with van der Waals surface area (Å²) in [4.78, 5) is 36.5. The average Bonchev–Trinajstić information content (AvgIpc) is 2.75. The number of aliphatic hydroxyl groups excluding tert-OH is 1.